The summed E-state index contributed by atoms with van der Waals surface area (Å²) >= 11 is 6.11. The molecule has 0 spiro atoms. The zero-order valence-electron chi connectivity index (χ0n) is 15.1. The molecule has 1 aliphatic rings. The van der Waals surface area contributed by atoms with Gasteiger partial charge in [-0.05, 0) is 49.2 Å². The summed E-state index contributed by atoms with van der Waals surface area (Å²) in [6.07, 6.45) is 0.945. The standard InChI is InChI=1S/C19H23ClN2O3S/c1-13(25-3)10-11-21-19-15-6-4-5-7-17(15)22(2)26(23,24)18-12-14(20)8-9-16(18)19/h4-9,12-13,19,21H,10-11H2,1-3H3. The fourth-order valence-electron chi connectivity index (χ4n) is 3.20. The SMILES string of the molecule is COC(C)CCNC1c2ccccc2N(C)S(=O)(=O)c2cc(Cl)ccc21. The Balaban J connectivity index is 2.12. The van der Waals surface area contributed by atoms with Crippen molar-refractivity contribution >= 4 is 27.3 Å². The van der Waals surface area contributed by atoms with E-state index in [0.717, 1.165) is 12.0 Å². The van der Waals surface area contributed by atoms with Gasteiger partial charge in [-0.2, -0.15) is 0 Å². The van der Waals surface area contributed by atoms with E-state index < -0.39 is 10.0 Å². The van der Waals surface area contributed by atoms with Crippen molar-refractivity contribution in [3.8, 4) is 0 Å². The van der Waals surface area contributed by atoms with Crippen molar-refractivity contribution in [3.05, 3.63) is 58.6 Å². The predicted octanol–water partition coefficient (Wildman–Crippen LogP) is 3.58. The molecule has 5 nitrogen and oxygen atoms in total. The molecule has 2 aromatic carbocycles. The Labute approximate surface area is 160 Å². The number of methoxy groups -OCH3 is 1. The van der Waals surface area contributed by atoms with Crippen LogP contribution in [0.25, 0.3) is 0 Å². The molecule has 0 aliphatic carbocycles. The van der Waals surface area contributed by atoms with Gasteiger partial charge in [0.15, 0.2) is 0 Å². The molecule has 2 unspecified atom stereocenters. The number of nitrogens with zero attached hydrogens (tertiary/aromatic N) is 1. The van der Waals surface area contributed by atoms with E-state index in [2.05, 4.69) is 5.32 Å². The summed E-state index contributed by atoms with van der Waals surface area (Å²) in [6.45, 7) is 2.70. The van der Waals surface area contributed by atoms with Crippen molar-refractivity contribution in [2.45, 2.75) is 30.4 Å². The molecule has 0 aromatic heterocycles. The normalized spacial score (nSPS) is 19.4. The van der Waals surface area contributed by atoms with Crippen LogP contribution in [-0.2, 0) is 14.8 Å². The van der Waals surface area contributed by atoms with Gasteiger partial charge in [-0.15, -0.1) is 0 Å². The second kappa shape index (κ2) is 7.56. The number of para-hydroxylation sites is 1. The highest BCUT2D eigenvalue weighted by molar-refractivity contribution is 7.92. The van der Waals surface area contributed by atoms with Crippen molar-refractivity contribution in [2.75, 3.05) is 25.0 Å². The summed E-state index contributed by atoms with van der Waals surface area (Å²) in [5.74, 6) is 0. The van der Waals surface area contributed by atoms with Gasteiger partial charge in [0.2, 0.25) is 0 Å². The summed E-state index contributed by atoms with van der Waals surface area (Å²) in [6, 6.07) is 12.4. The maximum Gasteiger partial charge on any atom is 0.264 e. The van der Waals surface area contributed by atoms with Gasteiger partial charge in [0.1, 0.15) is 0 Å². The third-order valence-corrected chi connectivity index (χ3v) is 6.88. The number of nitrogens with one attached hydrogen (secondary N) is 1. The number of sulfonamides is 1. The summed E-state index contributed by atoms with van der Waals surface area (Å²) < 4.78 is 32.9. The third-order valence-electron chi connectivity index (χ3n) is 4.81. The third kappa shape index (κ3) is 3.47. The average Bonchev–Trinajstić information content (AvgIpc) is 2.70. The smallest absolute Gasteiger partial charge is 0.264 e. The molecule has 0 radical (unpaired) electrons. The molecule has 2 aromatic rings. The van der Waals surface area contributed by atoms with Crippen LogP contribution in [0.2, 0.25) is 5.02 Å². The van der Waals surface area contributed by atoms with Crippen molar-refractivity contribution in [1.29, 1.82) is 0 Å². The number of halogens is 1. The molecule has 3 rings (SSSR count). The van der Waals surface area contributed by atoms with Gasteiger partial charge in [-0.3, -0.25) is 4.31 Å². The van der Waals surface area contributed by atoms with E-state index >= 15 is 0 Å². The maximum absolute atomic E-state index is 13.1. The number of hydrogen-bond donors (Lipinski definition) is 1. The topological polar surface area (TPSA) is 58.6 Å². The molecule has 140 valence electrons. The molecule has 0 bridgehead atoms. The highest BCUT2D eigenvalue weighted by Gasteiger charge is 2.34. The van der Waals surface area contributed by atoms with Crippen LogP contribution in [0, 0.1) is 0 Å². The Morgan fingerprint density at radius 3 is 2.69 bits per heavy atom. The van der Waals surface area contributed by atoms with Gasteiger partial charge in [0.25, 0.3) is 10.0 Å². The summed E-state index contributed by atoms with van der Waals surface area (Å²) in [7, 11) is -0.425. The number of rotatable bonds is 5. The summed E-state index contributed by atoms with van der Waals surface area (Å²) in [4.78, 5) is 0.237. The van der Waals surface area contributed by atoms with Crippen LogP contribution >= 0.6 is 11.6 Å². The van der Waals surface area contributed by atoms with Gasteiger partial charge in [-0.1, -0.05) is 35.9 Å². The molecular weight excluding hydrogens is 372 g/mol. The second-order valence-electron chi connectivity index (χ2n) is 6.44. The lowest BCUT2D eigenvalue weighted by Gasteiger charge is -2.22. The van der Waals surface area contributed by atoms with E-state index in [-0.39, 0.29) is 17.0 Å². The molecule has 1 aliphatic heterocycles. The molecular formula is C19H23ClN2O3S. The largest absolute Gasteiger partial charge is 0.382 e. The summed E-state index contributed by atoms with van der Waals surface area (Å²) in [5, 5.41) is 3.90. The Kier molecular flexibility index (Phi) is 5.58. The van der Waals surface area contributed by atoms with Crippen molar-refractivity contribution in [1.82, 2.24) is 5.32 Å². The fourth-order valence-corrected chi connectivity index (χ4v) is 4.92. The molecule has 26 heavy (non-hydrogen) atoms. The highest BCUT2D eigenvalue weighted by atomic mass is 35.5. The Hall–Kier alpha value is -1.60. The Morgan fingerprint density at radius 2 is 1.96 bits per heavy atom. The number of hydrogen-bond acceptors (Lipinski definition) is 4. The maximum atomic E-state index is 13.1. The number of anilines is 1. The minimum atomic E-state index is -3.69. The summed E-state index contributed by atoms with van der Waals surface area (Å²) in [5.41, 5.74) is 2.29. The lowest BCUT2D eigenvalue weighted by Crippen LogP contribution is -2.26. The Morgan fingerprint density at radius 1 is 1.23 bits per heavy atom. The van der Waals surface area contributed by atoms with E-state index in [9.17, 15) is 8.42 Å². The van der Waals surface area contributed by atoms with Gasteiger partial charge >= 0.3 is 0 Å². The van der Waals surface area contributed by atoms with Crippen molar-refractivity contribution < 1.29 is 13.2 Å². The van der Waals surface area contributed by atoms with Crippen LogP contribution < -0.4 is 9.62 Å². The van der Waals surface area contributed by atoms with Crippen molar-refractivity contribution in [2.24, 2.45) is 0 Å². The number of ether oxygens (including phenoxy) is 1. The monoisotopic (exact) mass is 394 g/mol. The van der Waals surface area contributed by atoms with E-state index in [1.807, 2.05) is 31.2 Å². The van der Waals surface area contributed by atoms with Gasteiger partial charge in [0.05, 0.1) is 22.7 Å². The molecule has 1 N–H and O–H groups in total. The van der Waals surface area contributed by atoms with Crippen LogP contribution in [0.5, 0.6) is 0 Å². The number of benzene rings is 2. The molecule has 1 heterocycles. The molecule has 7 heteroatoms. The van der Waals surface area contributed by atoms with Crippen molar-refractivity contribution in [3.63, 3.8) is 0 Å². The molecule has 0 fully saturated rings. The van der Waals surface area contributed by atoms with E-state index in [4.69, 9.17) is 16.3 Å². The average molecular weight is 395 g/mol. The van der Waals surface area contributed by atoms with E-state index in [1.54, 1.807) is 26.3 Å². The van der Waals surface area contributed by atoms with E-state index in [1.165, 1.54) is 10.4 Å². The first-order chi connectivity index (χ1) is 12.4. The molecule has 0 amide bonds. The lowest BCUT2D eigenvalue weighted by atomic mass is 9.96. The first-order valence-electron chi connectivity index (χ1n) is 8.49. The second-order valence-corrected chi connectivity index (χ2v) is 8.81. The minimum absolute atomic E-state index is 0.125. The minimum Gasteiger partial charge on any atom is -0.382 e. The lowest BCUT2D eigenvalue weighted by molar-refractivity contribution is 0.110. The van der Waals surface area contributed by atoms with Gasteiger partial charge in [0, 0.05) is 19.2 Å². The van der Waals surface area contributed by atoms with Crippen LogP contribution in [0.1, 0.15) is 30.5 Å². The van der Waals surface area contributed by atoms with Gasteiger partial charge < -0.3 is 10.1 Å². The first-order valence-corrected chi connectivity index (χ1v) is 10.3. The predicted molar refractivity (Wildman–Crippen MR) is 104 cm³/mol. The quantitative estimate of drug-likeness (QED) is 0.842. The zero-order chi connectivity index (χ0) is 18.9. The van der Waals surface area contributed by atoms with Crippen LogP contribution in [-0.4, -0.2) is 35.2 Å². The molecule has 0 saturated carbocycles. The zero-order valence-corrected chi connectivity index (χ0v) is 16.6. The van der Waals surface area contributed by atoms with Crippen LogP contribution in [0.3, 0.4) is 0 Å². The van der Waals surface area contributed by atoms with E-state index in [0.29, 0.717) is 22.8 Å². The molecule has 0 saturated heterocycles. The Bertz CT molecular complexity index is 901. The van der Waals surface area contributed by atoms with Gasteiger partial charge in [-0.25, -0.2) is 8.42 Å². The highest BCUT2D eigenvalue weighted by Crippen LogP contribution is 2.40. The number of fused-ring (bicyclic) bond motifs is 2. The molecule has 2 atom stereocenters. The first kappa shape index (κ1) is 19.2. The van der Waals surface area contributed by atoms with Crippen LogP contribution in [0.4, 0.5) is 5.69 Å². The fraction of sp³-hybridized carbons (Fsp3) is 0.368. The van der Waals surface area contributed by atoms with Crippen LogP contribution in [0.15, 0.2) is 47.4 Å².